The Balaban J connectivity index is 2.49. The topological polar surface area (TPSA) is 61.8 Å². The number of piperidine rings is 1. The molecule has 0 spiro atoms. The van der Waals surface area contributed by atoms with Gasteiger partial charge < -0.3 is 15.8 Å². The highest BCUT2D eigenvalue weighted by Crippen LogP contribution is 2.35. The van der Waals surface area contributed by atoms with Crippen LogP contribution < -0.4 is 10.6 Å². The average Bonchev–Trinajstić information content (AvgIpc) is 2.41. The number of hydrogen-bond donors (Lipinski definition) is 2. The zero-order chi connectivity index (χ0) is 14.9. The van der Waals surface area contributed by atoms with E-state index in [0.29, 0.717) is 28.5 Å². The third-order valence-corrected chi connectivity index (χ3v) is 4.58. The highest BCUT2D eigenvalue weighted by Gasteiger charge is 2.31. The van der Waals surface area contributed by atoms with Gasteiger partial charge in [-0.05, 0) is 37.3 Å². The lowest BCUT2D eigenvalue weighted by molar-refractivity contribution is 0.297. The number of anilines is 1. The average molecular weight is 296 g/mol. The van der Waals surface area contributed by atoms with Crippen LogP contribution in [0.1, 0.15) is 32.8 Å². The summed E-state index contributed by atoms with van der Waals surface area (Å²) in [5.41, 5.74) is 7.37. The maximum atomic E-state index is 8.99. The first-order valence-corrected chi connectivity index (χ1v) is 7.36. The van der Waals surface area contributed by atoms with Gasteiger partial charge in [-0.3, -0.25) is 0 Å². The van der Waals surface area contributed by atoms with E-state index in [-0.39, 0.29) is 5.84 Å². The van der Waals surface area contributed by atoms with Crippen LogP contribution in [0.3, 0.4) is 0 Å². The molecule has 4 nitrogen and oxygen atoms in total. The number of nitrogens with zero attached hydrogens (tertiary/aromatic N) is 2. The second-order valence-corrected chi connectivity index (χ2v) is 6.24. The summed E-state index contributed by atoms with van der Waals surface area (Å²) in [4.78, 5) is 2.32. The molecule has 0 saturated carbocycles. The van der Waals surface area contributed by atoms with Crippen LogP contribution in [0.25, 0.3) is 0 Å². The Morgan fingerprint density at radius 1 is 1.40 bits per heavy atom. The maximum absolute atomic E-state index is 8.99. The number of hydrogen-bond acceptors (Lipinski definition) is 3. The molecule has 2 rings (SSSR count). The Bertz CT molecular complexity index is 518. The lowest BCUT2D eigenvalue weighted by Crippen LogP contribution is -2.46. The van der Waals surface area contributed by atoms with Gasteiger partial charge in [0.05, 0.1) is 10.6 Å². The molecule has 0 amide bonds. The van der Waals surface area contributed by atoms with Crippen LogP contribution in [0, 0.1) is 11.8 Å². The van der Waals surface area contributed by atoms with E-state index in [1.54, 1.807) is 6.07 Å². The Morgan fingerprint density at radius 3 is 2.75 bits per heavy atom. The van der Waals surface area contributed by atoms with Crippen molar-refractivity contribution < 1.29 is 5.21 Å². The van der Waals surface area contributed by atoms with Crippen molar-refractivity contribution in [2.75, 3.05) is 11.4 Å². The molecule has 1 aromatic carbocycles. The van der Waals surface area contributed by atoms with Crippen molar-refractivity contribution in [3.8, 4) is 0 Å². The normalized spacial score (nSPS) is 27.7. The van der Waals surface area contributed by atoms with E-state index >= 15 is 0 Å². The number of rotatable bonds is 2. The van der Waals surface area contributed by atoms with Gasteiger partial charge in [0.15, 0.2) is 5.84 Å². The third kappa shape index (κ3) is 2.70. The SMILES string of the molecule is CC1CC(C)C(C)N(c2cccc(Cl)c2/C(N)=N/O)C1. The molecule has 110 valence electrons. The second kappa shape index (κ2) is 5.92. The van der Waals surface area contributed by atoms with E-state index in [1.807, 2.05) is 12.1 Å². The van der Waals surface area contributed by atoms with Crippen molar-refractivity contribution in [3.05, 3.63) is 28.8 Å². The lowest BCUT2D eigenvalue weighted by atomic mass is 9.85. The Labute approximate surface area is 125 Å². The van der Waals surface area contributed by atoms with Gasteiger partial charge in [0.25, 0.3) is 0 Å². The molecule has 1 saturated heterocycles. The van der Waals surface area contributed by atoms with Gasteiger partial charge in [0.2, 0.25) is 0 Å². The summed E-state index contributed by atoms with van der Waals surface area (Å²) in [5.74, 6) is 1.27. The fourth-order valence-corrected chi connectivity index (χ4v) is 3.36. The van der Waals surface area contributed by atoms with E-state index in [0.717, 1.165) is 12.2 Å². The van der Waals surface area contributed by atoms with Gasteiger partial charge in [-0.15, -0.1) is 0 Å². The standard InChI is InChI=1S/C15H22ClN3O/c1-9-7-10(2)11(3)19(8-9)13-6-4-5-12(16)14(13)15(17)18-20/h4-6,9-11,20H,7-8H2,1-3H3,(H2,17,18). The highest BCUT2D eigenvalue weighted by molar-refractivity contribution is 6.34. The minimum atomic E-state index is 0.0590. The molecule has 1 aliphatic heterocycles. The molecule has 5 heteroatoms. The molecule has 0 bridgehead atoms. The summed E-state index contributed by atoms with van der Waals surface area (Å²) in [7, 11) is 0. The van der Waals surface area contributed by atoms with E-state index in [4.69, 9.17) is 22.5 Å². The van der Waals surface area contributed by atoms with E-state index < -0.39 is 0 Å². The van der Waals surface area contributed by atoms with Gasteiger partial charge in [0.1, 0.15) is 0 Å². The predicted octanol–water partition coefficient (Wildman–Crippen LogP) is 3.31. The van der Waals surface area contributed by atoms with Crippen molar-refractivity contribution >= 4 is 23.1 Å². The van der Waals surface area contributed by atoms with Crippen LogP contribution in [0.15, 0.2) is 23.4 Å². The van der Waals surface area contributed by atoms with Crippen molar-refractivity contribution in [2.24, 2.45) is 22.7 Å². The van der Waals surface area contributed by atoms with Crippen LogP contribution in [-0.2, 0) is 0 Å². The van der Waals surface area contributed by atoms with Crippen LogP contribution in [0.4, 0.5) is 5.69 Å². The number of halogens is 1. The molecular formula is C15H22ClN3O. The highest BCUT2D eigenvalue weighted by atomic mass is 35.5. The first-order valence-electron chi connectivity index (χ1n) is 6.98. The van der Waals surface area contributed by atoms with Gasteiger partial charge in [-0.25, -0.2) is 0 Å². The van der Waals surface area contributed by atoms with Crippen LogP contribution in [0.5, 0.6) is 0 Å². The lowest BCUT2D eigenvalue weighted by Gasteiger charge is -2.43. The molecule has 0 aromatic heterocycles. The first-order chi connectivity index (χ1) is 9.45. The minimum absolute atomic E-state index is 0.0590. The largest absolute Gasteiger partial charge is 0.409 e. The molecule has 1 fully saturated rings. The molecule has 3 N–H and O–H groups in total. The molecule has 1 heterocycles. The summed E-state index contributed by atoms with van der Waals surface area (Å²) in [5, 5.41) is 12.6. The number of oxime groups is 1. The third-order valence-electron chi connectivity index (χ3n) is 4.26. The van der Waals surface area contributed by atoms with Gasteiger partial charge in [-0.1, -0.05) is 36.7 Å². The molecular weight excluding hydrogens is 274 g/mol. The molecule has 1 aromatic rings. The fraction of sp³-hybridized carbons (Fsp3) is 0.533. The van der Waals surface area contributed by atoms with E-state index in [9.17, 15) is 0 Å². The summed E-state index contributed by atoms with van der Waals surface area (Å²) in [6.45, 7) is 7.69. The predicted molar refractivity (Wildman–Crippen MR) is 83.7 cm³/mol. The Morgan fingerprint density at radius 2 is 2.10 bits per heavy atom. The van der Waals surface area contributed by atoms with Crippen LogP contribution >= 0.6 is 11.6 Å². The minimum Gasteiger partial charge on any atom is -0.409 e. The number of nitrogens with two attached hydrogens (primary N) is 1. The zero-order valence-electron chi connectivity index (χ0n) is 12.2. The molecule has 20 heavy (non-hydrogen) atoms. The molecule has 3 unspecified atom stereocenters. The number of benzene rings is 1. The maximum Gasteiger partial charge on any atom is 0.173 e. The summed E-state index contributed by atoms with van der Waals surface area (Å²) in [6, 6.07) is 6.05. The van der Waals surface area contributed by atoms with Gasteiger partial charge in [-0.2, -0.15) is 0 Å². The monoisotopic (exact) mass is 295 g/mol. The van der Waals surface area contributed by atoms with Crippen LogP contribution in [0.2, 0.25) is 5.02 Å². The van der Waals surface area contributed by atoms with E-state index in [1.165, 1.54) is 6.42 Å². The van der Waals surface area contributed by atoms with Crippen molar-refractivity contribution in [2.45, 2.75) is 33.2 Å². The smallest absolute Gasteiger partial charge is 0.173 e. The van der Waals surface area contributed by atoms with Crippen molar-refractivity contribution in [1.82, 2.24) is 0 Å². The van der Waals surface area contributed by atoms with Gasteiger partial charge in [0, 0.05) is 18.3 Å². The second-order valence-electron chi connectivity index (χ2n) is 5.83. The summed E-state index contributed by atoms with van der Waals surface area (Å²) < 4.78 is 0. The van der Waals surface area contributed by atoms with Crippen molar-refractivity contribution in [1.29, 1.82) is 0 Å². The molecule has 0 aliphatic carbocycles. The number of amidine groups is 1. The van der Waals surface area contributed by atoms with Gasteiger partial charge >= 0.3 is 0 Å². The van der Waals surface area contributed by atoms with Crippen molar-refractivity contribution in [3.63, 3.8) is 0 Å². The van der Waals surface area contributed by atoms with Crippen LogP contribution in [-0.4, -0.2) is 23.6 Å². The molecule has 1 aliphatic rings. The Hall–Kier alpha value is -1.42. The first kappa shape index (κ1) is 15.0. The molecule has 3 atom stereocenters. The summed E-state index contributed by atoms with van der Waals surface area (Å²) >= 11 is 6.24. The molecule has 0 radical (unpaired) electrons. The summed E-state index contributed by atoms with van der Waals surface area (Å²) in [6.07, 6.45) is 1.22. The fourth-order valence-electron chi connectivity index (χ4n) is 3.09. The zero-order valence-corrected chi connectivity index (χ0v) is 12.9. The quantitative estimate of drug-likeness (QED) is 0.381. The Kier molecular flexibility index (Phi) is 4.43. The van der Waals surface area contributed by atoms with E-state index in [2.05, 4.69) is 30.8 Å².